The van der Waals surface area contributed by atoms with Crippen LogP contribution in [0.3, 0.4) is 0 Å². The molecular weight excluding hydrogens is 184 g/mol. The van der Waals surface area contributed by atoms with Gasteiger partial charge in [-0.1, -0.05) is 0 Å². The Morgan fingerprint density at radius 1 is 1.64 bits per heavy atom. The Morgan fingerprint density at radius 3 is 2.93 bits per heavy atom. The van der Waals surface area contributed by atoms with E-state index >= 15 is 0 Å². The van der Waals surface area contributed by atoms with Crippen LogP contribution in [0.2, 0.25) is 0 Å². The number of aliphatic hydroxyl groups is 1. The van der Waals surface area contributed by atoms with Crippen LogP contribution in [0.4, 0.5) is 0 Å². The third kappa shape index (κ3) is 1.77. The topological polar surface area (TPSA) is 55.8 Å². The van der Waals surface area contributed by atoms with E-state index in [1.54, 1.807) is 0 Å². The smallest absolute Gasteiger partial charge is 0.334 e. The van der Waals surface area contributed by atoms with Crippen LogP contribution in [0.1, 0.15) is 25.7 Å². The summed E-state index contributed by atoms with van der Waals surface area (Å²) in [6.45, 7) is 0. The molecule has 0 amide bonds. The highest BCUT2D eigenvalue weighted by Gasteiger charge is 2.42. The Hall–Kier alpha value is -0.610. The monoisotopic (exact) mass is 200 g/mol. The summed E-state index contributed by atoms with van der Waals surface area (Å²) in [5, 5.41) is 9.48. The first-order valence-corrected chi connectivity index (χ1v) is 5.12. The molecular formula is C10H16O4. The van der Waals surface area contributed by atoms with Crippen molar-refractivity contribution in [1.82, 2.24) is 0 Å². The molecule has 0 aliphatic carbocycles. The van der Waals surface area contributed by atoms with Crippen molar-refractivity contribution in [2.24, 2.45) is 5.92 Å². The molecule has 0 aromatic heterocycles. The fourth-order valence-electron chi connectivity index (χ4n) is 2.51. The van der Waals surface area contributed by atoms with Crippen molar-refractivity contribution < 1.29 is 19.4 Å². The molecule has 0 radical (unpaired) electrons. The maximum Gasteiger partial charge on any atom is 0.334 e. The second-order valence-corrected chi connectivity index (χ2v) is 4.14. The molecule has 4 atom stereocenters. The zero-order valence-electron chi connectivity index (χ0n) is 8.31. The molecule has 2 aliphatic heterocycles. The van der Waals surface area contributed by atoms with Gasteiger partial charge in [0.05, 0.1) is 19.3 Å². The molecule has 4 unspecified atom stereocenters. The molecule has 14 heavy (non-hydrogen) atoms. The van der Waals surface area contributed by atoms with Gasteiger partial charge in [-0.2, -0.15) is 0 Å². The zero-order valence-corrected chi connectivity index (χ0v) is 8.31. The number of hydrogen-bond acceptors (Lipinski definition) is 4. The fourth-order valence-corrected chi connectivity index (χ4v) is 2.51. The summed E-state index contributed by atoms with van der Waals surface area (Å²) in [6.07, 6.45) is 3.33. The Labute approximate surface area is 83.2 Å². The van der Waals surface area contributed by atoms with E-state index in [2.05, 4.69) is 4.74 Å². The van der Waals surface area contributed by atoms with E-state index in [9.17, 15) is 9.90 Å². The highest BCUT2D eigenvalue weighted by atomic mass is 16.5. The fraction of sp³-hybridized carbons (Fsp3) is 0.900. The molecule has 2 aliphatic rings. The highest BCUT2D eigenvalue weighted by molar-refractivity contribution is 5.74. The van der Waals surface area contributed by atoms with E-state index in [0.717, 1.165) is 19.3 Å². The van der Waals surface area contributed by atoms with E-state index in [0.29, 0.717) is 18.4 Å². The zero-order chi connectivity index (χ0) is 10.1. The van der Waals surface area contributed by atoms with Crippen molar-refractivity contribution in [3.8, 4) is 0 Å². The minimum Gasteiger partial charge on any atom is -0.467 e. The van der Waals surface area contributed by atoms with E-state index in [-0.39, 0.29) is 6.10 Å². The summed E-state index contributed by atoms with van der Waals surface area (Å²) < 4.78 is 10.1. The van der Waals surface area contributed by atoms with Crippen molar-refractivity contribution in [2.45, 2.75) is 44.0 Å². The molecule has 4 nitrogen and oxygen atoms in total. The number of esters is 1. The Morgan fingerprint density at radius 2 is 2.43 bits per heavy atom. The Balaban J connectivity index is 1.83. The molecule has 1 N–H and O–H groups in total. The minimum atomic E-state index is -0.979. The van der Waals surface area contributed by atoms with Gasteiger partial charge in [-0.25, -0.2) is 4.79 Å². The molecule has 2 saturated heterocycles. The van der Waals surface area contributed by atoms with Gasteiger partial charge in [0.2, 0.25) is 0 Å². The van der Waals surface area contributed by atoms with Crippen LogP contribution < -0.4 is 0 Å². The number of ether oxygens (including phenoxy) is 2. The maximum atomic E-state index is 11.0. The molecule has 80 valence electrons. The number of carbonyl (C=O) groups is 1. The predicted octanol–water partition coefficient (Wildman–Crippen LogP) is 0.478. The molecule has 0 aromatic carbocycles. The Bertz CT molecular complexity index is 228. The lowest BCUT2D eigenvalue weighted by molar-refractivity contribution is -0.151. The van der Waals surface area contributed by atoms with Gasteiger partial charge in [0.1, 0.15) is 0 Å². The minimum absolute atomic E-state index is 0.263. The highest BCUT2D eigenvalue weighted by Crippen LogP contribution is 2.40. The summed E-state index contributed by atoms with van der Waals surface area (Å²) in [7, 11) is 1.29. The molecule has 0 spiro atoms. The molecule has 2 fully saturated rings. The van der Waals surface area contributed by atoms with Crippen LogP contribution in [0.5, 0.6) is 0 Å². The molecule has 2 bridgehead atoms. The largest absolute Gasteiger partial charge is 0.467 e. The summed E-state index contributed by atoms with van der Waals surface area (Å²) in [6, 6.07) is 0. The number of carbonyl (C=O) groups excluding carboxylic acids is 1. The van der Waals surface area contributed by atoms with Crippen LogP contribution >= 0.6 is 0 Å². The number of hydrogen-bond donors (Lipinski definition) is 1. The summed E-state index contributed by atoms with van der Waals surface area (Å²) in [4.78, 5) is 11.0. The quantitative estimate of drug-likeness (QED) is 0.673. The van der Waals surface area contributed by atoms with Gasteiger partial charge >= 0.3 is 5.97 Å². The predicted molar refractivity (Wildman–Crippen MR) is 48.6 cm³/mol. The first kappa shape index (κ1) is 9.93. The first-order chi connectivity index (χ1) is 6.70. The average Bonchev–Trinajstić information content (AvgIpc) is 2.77. The van der Waals surface area contributed by atoms with Crippen molar-refractivity contribution in [3.05, 3.63) is 0 Å². The van der Waals surface area contributed by atoms with E-state index in [1.807, 2.05) is 0 Å². The van der Waals surface area contributed by atoms with Crippen molar-refractivity contribution in [1.29, 1.82) is 0 Å². The van der Waals surface area contributed by atoms with Gasteiger partial charge in [-0.15, -0.1) is 0 Å². The van der Waals surface area contributed by atoms with Gasteiger partial charge in [0.25, 0.3) is 0 Å². The second-order valence-electron chi connectivity index (χ2n) is 4.14. The van der Waals surface area contributed by atoms with Crippen LogP contribution in [-0.4, -0.2) is 36.5 Å². The normalized spacial score (nSPS) is 37.1. The molecule has 2 rings (SSSR count). The number of fused-ring (bicyclic) bond motifs is 2. The van der Waals surface area contributed by atoms with E-state index in [1.165, 1.54) is 7.11 Å². The SMILES string of the molecule is COC(=O)C(O)CC1CC2CCC1O2. The first-order valence-electron chi connectivity index (χ1n) is 5.12. The van der Waals surface area contributed by atoms with Crippen LogP contribution in [0.15, 0.2) is 0 Å². The lowest BCUT2D eigenvalue weighted by atomic mass is 9.85. The summed E-state index contributed by atoms with van der Waals surface area (Å²) in [5.74, 6) is -0.198. The number of aliphatic hydroxyl groups excluding tert-OH is 1. The summed E-state index contributed by atoms with van der Waals surface area (Å²) >= 11 is 0. The number of rotatable bonds is 3. The molecule has 4 heteroatoms. The standard InChI is InChI=1S/C10H16O4/c1-13-10(12)8(11)5-6-4-7-2-3-9(6)14-7/h6-9,11H,2-5H2,1H3. The lowest BCUT2D eigenvalue weighted by Crippen LogP contribution is -2.28. The molecule has 0 saturated carbocycles. The molecule has 2 heterocycles. The number of methoxy groups -OCH3 is 1. The summed E-state index contributed by atoms with van der Waals surface area (Å²) in [5.41, 5.74) is 0. The second kappa shape index (κ2) is 3.87. The van der Waals surface area contributed by atoms with Crippen molar-refractivity contribution >= 4 is 5.97 Å². The van der Waals surface area contributed by atoms with Crippen LogP contribution in [-0.2, 0) is 14.3 Å². The third-order valence-electron chi connectivity index (χ3n) is 3.23. The van der Waals surface area contributed by atoms with Crippen LogP contribution in [0, 0.1) is 5.92 Å². The maximum absolute atomic E-state index is 11.0. The van der Waals surface area contributed by atoms with E-state index in [4.69, 9.17) is 4.74 Å². The van der Waals surface area contributed by atoms with Crippen molar-refractivity contribution in [3.63, 3.8) is 0 Å². The molecule has 0 aromatic rings. The van der Waals surface area contributed by atoms with Gasteiger partial charge in [-0.05, 0) is 31.6 Å². The lowest BCUT2D eigenvalue weighted by Gasteiger charge is -2.20. The Kier molecular flexibility index (Phi) is 2.74. The third-order valence-corrected chi connectivity index (χ3v) is 3.23. The van der Waals surface area contributed by atoms with Crippen molar-refractivity contribution in [2.75, 3.05) is 7.11 Å². The van der Waals surface area contributed by atoms with Gasteiger partial charge in [0.15, 0.2) is 6.10 Å². The van der Waals surface area contributed by atoms with Gasteiger partial charge < -0.3 is 14.6 Å². The van der Waals surface area contributed by atoms with Gasteiger partial charge in [-0.3, -0.25) is 0 Å². The van der Waals surface area contributed by atoms with Crippen LogP contribution in [0.25, 0.3) is 0 Å². The van der Waals surface area contributed by atoms with E-state index < -0.39 is 12.1 Å². The van der Waals surface area contributed by atoms with Gasteiger partial charge in [0, 0.05) is 0 Å². The average molecular weight is 200 g/mol.